The zero-order chi connectivity index (χ0) is 23.0. The third kappa shape index (κ3) is 12.5. The third-order valence-corrected chi connectivity index (χ3v) is 7.35. The SMILES string of the molecule is CCCCCCCCc1cccc(OCCC(C)S(=O)(=O)O)c1CCCCCCCC. The van der Waals surface area contributed by atoms with Gasteiger partial charge in [-0.25, -0.2) is 0 Å². The van der Waals surface area contributed by atoms with Crippen LogP contribution in [0.5, 0.6) is 5.75 Å². The van der Waals surface area contributed by atoms with Crippen LogP contribution < -0.4 is 4.74 Å². The van der Waals surface area contributed by atoms with Crippen LogP contribution in [-0.4, -0.2) is 24.8 Å². The first-order chi connectivity index (χ1) is 14.9. The molecule has 0 aromatic heterocycles. The molecule has 1 aromatic carbocycles. The van der Waals surface area contributed by atoms with E-state index in [9.17, 15) is 13.0 Å². The van der Waals surface area contributed by atoms with Crippen LogP contribution in [0.25, 0.3) is 0 Å². The molecule has 0 saturated heterocycles. The predicted molar refractivity (Wildman–Crippen MR) is 132 cm³/mol. The van der Waals surface area contributed by atoms with Crippen molar-refractivity contribution in [1.82, 2.24) is 0 Å². The molecule has 0 fully saturated rings. The number of unbranched alkanes of at least 4 members (excludes halogenated alkanes) is 10. The zero-order valence-corrected chi connectivity index (χ0v) is 21.0. The molecule has 4 nitrogen and oxygen atoms in total. The van der Waals surface area contributed by atoms with Gasteiger partial charge in [-0.05, 0) is 49.8 Å². The molecule has 0 saturated carbocycles. The van der Waals surface area contributed by atoms with Crippen LogP contribution in [0.3, 0.4) is 0 Å². The topological polar surface area (TPSA) is 63.6 Å². The van der Waals surface area contributed by atoms with E-state index in [1.165, 1.54) is 88.7 Å². The van der Waals surface area contributed by atoms with Gasteiger partial charge in [0, 0.05) is 6.42 Å². The highest BCUT2D eigenvalue weighted by atomic mass is 32.2. The van der Waals surface area contributed by atoms with Gasteiger partial charge in [-0.2, -0.15) is 8.42 Å². The van der Waals surface area contributed by atoms with Crippen molar-refractivity contribution >= 4 is 10.1 Å². The molecule has 5 heteroatoms. The average molecular weight is 455 g/mol. The van der Waals surface area contributed by atoms with Gasteiger partial charge in [0.15, 0.2) is 0 Å². The fourth-order valence-electron chi connectivity index (χ4n) is 3.93. The molecule has 0 bridgehead atoms. The Labute approximate surface area is 191 Å². The van der Waals surface area contributed by atoms with Crippen LogP contribution in [0.2, 0.25) is 0 Å². The van der Waals surface area contributed by atoms with Crippen molar-refractivity contribution < 1.29 is 17.7 Å². The van der Waals surface area contributed by atoms with E-state index in [0.29, 0.717) is 6.61 Å². The Morgan fingerprint density at radius 3 is 1.97 bits per heavy atom. The number of rotatable bonds is 19. The number of hydrogen-bond donors (Lipinski definition) is 1. The highest BCUT2D eigenvalue weighted by molar-refractivity contribution is 7.86. The predicted octanol–water partition coefficient (Wildman–Crippen LogP) is 7.54. The summed E-state index contributed by atoms with van der Waals surface area (Å²) >= 11 is 0. The second-order valence-electron chi connectivity index (χ2n) is 8.89. The summed E-state index contributed by atoms with van der Waals surface area (Å²) in [6, 6.07) is 6.29. The third-order valence-electron chi connectivity index (χ3n) is 6.10. The maximum atomic E-state index is 11.3. The average Bonchev–Trinajstić information content (AvgIpc) is 2.73. The summed E-state index contributed by atoms with van der Waals surface area (Å²) in [5.41, 5.74) is 2.68. The lowest BCUT2D eigenvalue weighted by molar-refractivity contribution is 0.303. The molecule has 1 aromatic rings. The van der Waals surface area contributed by atoms with Crippen LogP contribution in [0, 0.1) is 0 Å². The monoisotopic (exact) mass is 454 g/mol. The molecular weight excluding hydrogens is 408 g/mol. The zero-order valence-electron chi connectivity index (χ0n) is 20.2. The smallest absolute Gasteiger partial charge is 0.267 e. The second kappa shape index (κ2) is 16.5. The van der Waals surface area contributed by atoms with Crippen molar-refractivity contribution in [2.45, 2.75) is 122 Å². The van der Waals surface area contributed by atoms with E-state index in [1.807, 2.05) is 6.07 Å². The van der Waals surface area contributed by atoms with Crippen LogP contribution in [-0.2, 0) is 23.0 Å². The Kier molecular flexibility index (Phi) is 14.9. The normalized spacial score (nSPS) is 12.8. The lowest BCUT2D eigenvalue weighted by Crippen LogP contribution is -2.19. The molecule has 0 spiro atoms. The molecule has 1 atom stereocenters. The van der Waals surface area contributed by atoms with Gasteiger partial charge in [-0.3, -0.25) is 4.55 Å². The Balaban J connectivity index is 2.69. The molecule has 0 amide bonds. The summed E-state index contributed by atoms with van der Waals surface area (Å²) < 4.78 is 37.7. The Morgan fingerprint density at radius 2 is 1.39 bits per heavy atom. The Bertz CT molecular complexity index is 685. The van der Waals surface area contributed by atoms with Crippen molar-refractivity contribution in [3.63, 3.8) is 0 Å². The van der Waals surface area contributed by atoms with Gasteiger partial charge in [-0.15, -0.1) is 0 Å². The summed E-state index contributed by atoms with van der Waals surface area (Å²) in [7, 11) is -4.00. The van der Waals surface area contributed by atoms with Gasteiger partial charge in [0.25, 0.3) is 10.1 Å². The molecule has 31 heavy (non-hydrogen) atoms. The fraction of sp³-hybridized carbons (Fsp3) is 0.769. The summed E-state index contributed by atoms with van der Waals surface area (Å²) in [5, 5.41) is -0.805. The molecule has 0 heterocycles. The van der Waals surface area contributed by atoms with Crippen molar-refractivity contribution in [3.8, 4) is 5.75 Å². The maximum Gasteiger partial charge on any atom is 0.267 e. The minimum absolute atomic E-state index is 0.289. The largest absolute Gasteiger partial charge is 0.493 e. The summed E-state index contributed by atoms with van der Waals surface area (Å²) in [5.74, 6) is 0.888. The van der Waals surface area contributed by atoms with Gasteiger partial charge in [0.2, 0.25) is 0 Å². The first kappa shape index (κ1) is 28.0. The molecule has 0 aliphatic carbocycles. The molecule has 180 valence electrons. The van der Waals surface area contributed by atoms with Crippen LogP contribution in [0.1, 0.15) is 115 Å². The number of hydrogen-bond acceptors (Lipinski definition) is 3. The van der Waals surface area contributed by atoms with E-state index in [0.717, 1.165) is 25.0 Å². The highest BCUT2D eigenvalue weighted by Crippen LogP contribution is 2.27. The first-order valence-corrected chi connectivity index (χ1v) is 14.1. The van der Waals surface area contributed by atoms with E-state index < -0.39 is 15.4 Å². The first-order valence-electron chi connectivity index (χ1n) is 12.6. The minimum atomic E-state index is -4.00. The van der Waals surface area contributed by atoms with Gasteiger partial charge in [0.1, 0.15) is 5.75 Å². The molecular formula is C26H46O4S. The van der Waals surface area contributed by atoms with E-state index in [4.69, 9.17) is 4.74 Å². The molecule has 1 rings (SSSR count). The standard InChI is InChI=1S/C26H46O4S/c1-4-6-8-10-12-14-17-24-18-16-20-26(30-22-21-23(3)31(27,28)29)25(24)19-15-13-11-9-7-5-2/h16,18,20,23H,4-15,17,19,21-22H2,1-3H3,(H,27,28,29). The van der Waals surface area contributed by atoms with E-state index >= 15 is 0 Å². The number of ether oxygens (including phenoxy) is 1. The molecule has 0 radical (unpaired) electrons. The van der Waals surface area contributed by atoms with E-state index in [1.54, 1.807) is 0 Å². The molecule has 1 N–H and O–H groups in total. The Hall–Kier alpha value is -1.07. The van der Waals surface area contributed by atoms with Crippen LogP contribution in [0.4, 0.5) is 0 Å². The number of aryl methyl sites for hydroxylation is 1. The summed E-state index contributed by atoms with van der Waals surface area (Å²) in [6.07, 6.45) is 17.7. The molecule has 0 aliphatic heterocycles. The lowest BCUT2D eigenvalue weighted by Gasteiger charge is -2.17. The summed E-state index contributed by atoms with van der Waals surface area (Å²) in [4.78, 5) is 0. The van der Waals surface area contributed by atoms with Crippen molar-refractivity contribution in [2.75, 3.05) is 6.61 Å². The van der Waals surface area contributed by atoms with Crippen molar-refractivity contribution in [1.29, 1.82) is 0 Å². The quantitative estimate of drug-likeness (QED) is 0.173. The fourth-order valence-corrected chi connectivity index (χ4v) is 4.32. The van der Waals surface area contributed by atoms with Gasteiger partial charge < -0.3 is 4.74 Å². The second-order valence-corrected chi connectivity index (χ2v) is 10.7. The van der Waals surface area contributed by atoms with E-state index in [-0.39, 0.29) is 6.42 Å². The summed E-state index contributed by atoms with van der Waals surface area (Å²) in [6.45, 7) is 6.30. The van der Waals surface area contributed by atoms with Crippen molar-refractivity contribution in [2.24, 2.45) is 0 Å². The van der Waals surface area contributed by atoms with Gasteiger partial charge in [0.05, 0.1) is 11.9 Å². The van der Waals surface area contributed by atoms with Crippen molar-refractivity contribution in [3.05, 3.63) is 29.3 Å². The van der Waals surface area contributed by atoms with Crippen LogP contribution >= 0.6 is 0 Å². The van der Waals surface area contributed by atoms with E-state index in [2.05, 4.69) is 26.0 Å². The lowest BCUT2D eigenvalue weighted by atomic mass is 9.95. The highest BCUT2D eigenvalue weighted by Gasteiger charge is 2.17. The van der Waals surface area contributed by atoms with Gasteiger partial charge in [-0.1, -0.05) is 90.2 Å². The van der Waals surface area contributed by atoms with Crippen LogP contribution in [0.15, 0.2) is 18.2 Å². The number of benzene rings is 1. The Morgan fingerprint density at radius 1 is 0.839 bits per heavy atom. The molecule has 1 unspecified atom stereocenters. The van der Waals surface area contributed by atoms with Gasteiger partial charge >= 0.3 is 0 Å². The maximum absolute atomic E-state index is 11.3. The molecule has 0 aliphatic rings. The minimum Gasteiger partial charge on any atom is -0.493 e.